The second kappa shape index (κ2) is 5.88. The van der Waals surface area contributed by atoms with Gasteiger partial charge in [0.05, 0.1) is 11.0 Å². The molecule has 0 aromatic carbocycles. The largest absolute Gasteiger partial charge is 0.310 e. The Morgan fingerprint density at radius 1 is 1.17 bits per heavy atom. The molecule has 0 saturated heterocycles. The Morgan fingerprint density at radius 2 is 1.78 bits per heavy atom. The predicted octanol–water partition coefficient (Wildman–Crippen LogP) is 0.365. The minimum absolute atomic E-state index is 0.0903. The highest BCUT2D eigenvalue weighted by molar-refractivity contribution is 7.91. The Morgan fingerprint density at radius 3 is 2.28 bits per heavy atom. The number of nitrogens with one attached hydrogen (secondary N) is 1. The first-order chi connectivity index (χ1) is 8.08. The fourth-order valence-electron chi connectivity index (χ4n) is 2.59. The zero-order chi connectivity index (χ0) is 14.0. The summed E-state index contributed by atoms with van der Waals surface area (Å²) in [4.78, 5) is 0. The second-order valence-electron chi connectivity index (χ2n) is 5.48. The summed E-state index contributed by atoms with van der Waals surface area (Å²) in [6.07, 6.45) is 5.59. The highest BCUT2D eigenvalue weighted by atomic mass is 32.2. The molecule has 1 aliphatic rings. The van der Waals surface area contributed by atoms with Crippen molar-refractivity contribution in [3.8, 4) is 0 Å². The van der Waals surface area contributed by atoms with Gasteiger partial charge in [0.2, 0.25) is 0 Å². The molecule has 0 bridgehead atoms. The van der Waals surface area contributed by atoms with Crippen molar-refractivity contribution in [1.82, 2.24) is 5.32 Å². The van der Waals surface area contributed by atoms with E-state index in [4.69, 9.17) is 0 Å². The monoisotopic (exact) mass is 297 g/mol. The fraction of sp³-hybridized carbons (Fsp3) is 1.00. The summed E-state index contributed by atoms with van der Waals surface area (Å²) in [5, 5.41) is 2.95. The van der Waals surface area contributed by atoms with Crippen LogP contribution < -0.4 is 5.32 Å². The minimum Gasteiger partial charge on any atom is -0.310 e. The molecule has 1 rings (SSSR count). The van der Waals surface area contributed by atoms with Gasteiger partial charge in [0.25, 0.3) is 0 Å². The molecule has 0 spiro atoms. The fourth-order valence-corrected chi connectivity index (χ4v) is 4.77. The van der Waals surface area contributed by atoms with Crippen molar-refractivity contribution < 1.29 is 16.8 Å². The molecule has 1 fully saturated rings. The third kappa shape index (κ3) is 5.67. The van der Waals surface area contributed by atoms with Crippen LogP contribution in [-0.2, 0) is 19.7 Å². The Kier molecular flexibility index (Phi) is 5.20. The van der Waals surface area contributed by atoms with Crippen LogP contribution in [-0.4, -0.2) is 52.4 Å². The lowest BCUT2D eigenvalue weighted by atomic mass is 9.94. The number of rotatable bonds is 5. The molecule has 1 aliphatic carbocycles. The van der Waals surface area contributed by atoms with Gasteiger partial charge in [0, 0.05) is 24.6 Å². The third-order valence-corrected chi connectivity index (χ3v) is 6.05. The van der Waals surface area contributed by atoms with E-state index < -0.39 is 19.7 Å². The van der Waals surface area contributed by atoms with Gasteiger partial charge in [-0.2, -0.15) is 0 Å². The molecule has 0 aliphatic heterocycles. The molecule has 0 radical (unpaired) electrons. The molecular formula is C11H23NO4S2. The molecule has 3 unspecified atom stereocenters. The van der Waals surface area contributed by atoms with Crippen molar-refractivity contribution in [2.24, 2.45) is 0 Å². The quantitative estimate of drug-likeness (QED) is 0.793. The summed E-state index contributed by atoms with van der Waals surface area (Å²) in [5.74, 6) is 0.0903. The van der Waals surface area contributed by atoms with Crippen LogP contribution in [0.2, 0.25) is 0 Å². The zero-order valence-corrected chi connectivity index (χ0v) is 12.9. The van der Waals surface area contributed by atoms with Crippen molar-refractivity contribution >= 4 is 19.7 Å². The maximum absolute atomic E-state index is 11.5. The number of hydrogen-bond donors (Lipinski definition) is 1. The van der Waals surface area contributed by atoms with E-state index in [1.807, 2.05) is 6.92 Å². The Labute approximate surface area is 110 Å². The van der Waals surface area contributed by atoms with Crippen LogP contribution in [0.4, 0.5) is 0 Å². The van der Waals surface area contributed by atoms with Crippen LogP contribution in [0.3, 0.4) is 0 Å². The van der Waals surface area contributed by atoms with E-state index in [0.29, 0.717) is 6.42 Å². The van der Waals surface area contributed by atoms with E-state index in [-0.39, 0.29) is 23.1 Å². The van der Waals surface area contributed by atoms with Gasteiger partial charge >= 0.3 is 0 Å². The predicted molar refractivity (Wildman–Crippen MR) is 73.2 cm³/mol. The van der Waals surface area contributed by atoms with Crippen molar-refractivity contribution in [2.75, 3.05) is 18.3 Å². The van der Waals surface area contributed by atoms with E-state index in [9.17, 15) is 16.8 Å². The normalized spacial score (nSPS) is 27.9. The van der Waals surface area contributed by atoms with Gasteiger partial charge in [-0.15, -0.1) is 0 Å². The summed E-state index contributed by atoms with van der Waals surface area (Å²) in [6, 6.07) is -0.0291. The standard InChI is InChI=1S/C11H23NO4S2/c1-9(8-17(2,13)14)12-10-5-4-6-11(7-10)18(3,15)16/h9-12H,4-8H2,1-3H3. The van der Waals surface area contributed by atoms with Crippen molar-refractivity contribution in [3.05, 3.63) is 0 Å². The lowest BCUT2D eigenvalue weighted by molar-refractivity contribution is 0.351. The van der Waals surface area contributed by atoms with E-state index in [1.165, 1.54) is 12.5 Å². The van der Waals surface area contributed by atoms with E-state index in [0.717, 1.165) is 19.3 Å². The first-order valence-electron chi connectivity index (χ1n) is 6.20. The maximum atomic E-state index is 11.5. The summed E-state index contributed by atoms with van der Waals surface area (Å²) >= 11 is 0. The van der Waals surface area contributed by atoms with Crippen LogP contribution in [0.5, 0.6) is 0 Å². The number of sulfone groups is 2. The van der Waals surface area contributed by atoms with Gasteiger partial charge < -0.3 is 5.32 Å². The first kappa shape index (κ1) is 15.9. The molecule has 108 valence electrons. The molecule has 18 heavy (non-hydrogen) atoms. The van der Waals surface area contributed by atoms with E-state index >= 15 is 0 Å². The molecule has 1 N–H and O–H groups in total. The van der Waals surface area contributed by atoms with Crippen LogP contribution in [0.15, 0.2) is 0 Å². The first-order valence-corrected chi connectivity index (χ1v) is 10.2. The van der Waals surface area contributed by atoms with Crippen LogP contribution in [0.25, 0.3) is 0 Å². The van der Waals surface area contributed by atoms with E-state index in [2.05, 4.69) is 5.32 Å². The van der Waals surface area contributed by atoms with Crippen molar-refractivity contribution in [1.29, 1.82) is 0 Å². The molecule has 5 nitrogen and oxygen atoms in total. The van der Waals surface area contributed by atoms with Crippen LogP contribution in [0.1, 0.15) is 32.6 Å². The SMILES string of the molecule is CC(CS(C)(=O)=O)NC1CCCC(S(C)(=O)=O)C1. The Bertz CT molecular complexity index is 469. The summed E-state index contributed by atoms with van der Waals surface area (Å²) in [5.41, 5.74) is 0. The van der Waals surface area contributed by atoms with Gasteiger partial charge in [-0.1, -0.05) is 6.42 Å². The topological polar surface area (TPSA) is 80.3 Å². The Balaban J connectivity index is 2.53. The lowest BCUT2D eigenvalue weighted by Gasteiger charge is -2.30. The molecular weight excluding hydrogens is 274 g/mol. The third-order valence-electron chi connectivity index (χ3n) is 3.30. The minimum atomic E-state index is -3.00. The molecule has 0 amide bonds. The van der Waals surface area contributed by atoms with E-state index in [1.54, 1.807) is 0 Å². The maximum Gasteiger partial charge on any atom is 0.150 e. The van der Waals surface area contributed by atoms with Gasteiger partial charge in [-0.05, 0) is 26.2 Å². The molecule has 3 atom stereocenters. The highest BCUT2D eigenvalue weighted by Gasteiger charge is 2.29. The average molecular weight is 297 g/mol. The van der Waals surface area contributed by atoms with Crippen molar-refractivity contribution in [3.63, 3.8) is 0 Å². The summed E-state index contributed by atoms with van der Waals surface area (Å²) in [7, 11) is -5.98. The Hall–Kier alpha value is -0.140. The lowest BCUT2D eigenvalue weighted by Crippen LogP contribution is -2.44. The van der Waals surface area contributed by atoms with Gasteiger partial charge in [-0.3, -0.25) is 0 Å². The zero-order valence-electron chi connectivity index (χ0n) is 11.2. The van der Waals surface area contributed by atoms with Gasteiger partial charge in [0.15, 0.2) is 0 Å². The molecule has 7 heteroatoms. The smallest absolute Gasteiger partial charge is 0.150 e. The highest BCUT2D eigenvalue weighted by Crippen LogP contribution is 2.24. The number of hydrogen-bond acceptors (Lipinski definition) is 5. The second-order valence-corrected chi connectivity index (χ2v) is 9.99. The molecule has 0 aromatic heterocycles. The molecule has 1 saturated carbocycles. The summed E-state index contributed by atoms with van der Waals surface area (Å²) < 4.78 is 45.4. The van der Waals surface area contributed by atoms with Crippen LogP contribution >= 0.6 is 0 Å². The van der Waals surface area contributed by atoms with Crippen molar-refractivity contribution in [2.45, 2.75) is 49.9 Å². The molecule has 0 aromatic rings. The van der Waals surface area contributed by atoms with Crippen LogP contribution in [0, 0.1) is 0 Å². The summed E-state index contributed by atoms with van der Waals surface area (Å²) in [6.45, 7) is 1.82. The molecule has 0 heterocycles. The van der Waals surface area contributed by atoms with Gasteiger partial charge in [0.1, 0.15) is 19.7 Å². The van der Waals surface area contributed by atoms with Gasteiger partial charge in [-0.25, -0.2) is 16.8 Å². The average Bonchev–Trinajstić information content (AvgIpc) is 2.13.